The number of piperidine rings is 1. The van der Waals surface area contributed by atoms with Crippen molar-refractivity contribution in [3.8, 4) is 0 Å². The van der Waals surface area contributed by atoms with Crippen molar-refractivity contribution in [2.75, 3.05) is 44.7 Å². The molecule has 0 saturated carbocycles. The molecule has 0 aromatic carbocycles. The first kappa shape index (κ1) is 25.0. The van der Waals surface area contributed by atoms with Gasteiger partial charge in [0.15, 0.2) is 0 Å². The van der Waals surface area contributed by atoms with E-state index in [0.29, 0.717) is 16.9 Å². The molecule has 0 bridgehead atoms. The van der Waals surface area contributed by atoms with Crippen molar-refractivity contribution in [3.05, 3.63) is 17.8 Å². The Kier molecular flexibility index (Phi) is 6.50. The van der Waals surface area contributed by atoms with Gasteiger partial charge in [-0.1, -0.05) is 0 Å². The second-order valence-corrected chi connectivity index (χ2v) is 10.8. The molecule has 0 spiro atoms. The van der Waals surface area contributed by atoms with Crippen molar-refractivity contribution < 1.29 is 34.8 Å². The Balaban J connectivity index is 2.05. The molecule has 0 amide bonds. The van der Waals surface area contributed by atoms with Gasteiger partial charge >= 0.3 is 12.4 Å². The average Bonchev–Trinajstić information content (AvgIpc) is 2.68. The third kappa shape index (κ3) is 4.98. The molecule has 3 heterocycles. The lowest BCUT2D eigenvalue weighted by Crippen LogP contribution is -2.58. The summed E-state index contributed by atoms with van der Waals surface area (Å²) in [5, 5.41) is 0. The summed E-state index contributed by atoms with van der Waals surface area (Å²) in [6, 6.07) is 1.37. The van der Waals surface area contributed by atoms with E-state index in [-0.39, 0.29) is 38.3 Å². The summed E-state index contributed by atoms with van der Waals surface area (Å²) >= 11 is 0. The molecule has 6 nitrogen and oxygen atoms in total. The fraction of sp³-hybridized carbons (Fsp3) is 0.737. The van der Waals surface area contributed by atoms with Crippen LogP contribution in [0, 0.1) is 5.92 Å². The van der Waals surface area contributed by atoms with E-state index in [4.69, 9.17) is 0 Å². The molecular formula is C19H26F6N4O2S. The molecule has 2 fully saturated rings. The van der Waals surface area contributed by atoms with Gasteiger partial charge in [0.1, 0.15) is 16.4 Å². The van der Waals surface area contributed by atoms with Crippen LogP contribution in [0.3, 0.4) is 0 Å². The van der Waals surface area contributed by atoms with Crippen molar-refractivity contribution >= 4 is 15.8 Å². The van der Waals surface area contributed by atoms with E-state index in [0.717, 1.165) is 6.07 Å². The number of anilines is 1. The number of hydrogen-bond acceptors (Lipinski definition) is 5. The van der Waals surface area contributed by atoms with Crippen LogP contribution in [0.5, 0.6) is 0 Å². The number of hydrogen-bond donors (Lipinski definition) is 0. The van der Waals surface area contributed by atoms with E-state index in [9.17, 15) is 34.8 Å². The van der Waals surface area contributed by atoms with Gasteiger partial charge in [-0.05, 0) is 45.9 Å². The van der Waals surface area contributed by atoms with Gasteiger partial charge in [0.05, 0.1) is 5.92 Å². The van der Waals surface area contributed by atoms with Crippen LogP contribution >= 0.6 is 0 Å². The predicted molar refractivity (Wildman–Crippen MR) is 106 cm³/mol. The molecular weight excluding hydrogens is 462 g/mol. The SMILES string of the molecule is CN1CCN(c2nc(C(F)(F)F)ccc2S(=O)(=O)N2CCCC(C(F)(F)F)C2)CC1(C)C. The average molecular weight is 488 g/mol. The number of aromatic nitrogens is 1. The molecule has 0 N–H and O–H groups in total. The zero-order chi connectivity index (χ0) is 24.1. The van der Waals surface area contributed by atoms with E-state index in [1.54, 1.807) is 0 Å². The summed E-state index contributed by atoms with van der Waals surface area (Å²) in [6.45, 7) is 3.70. The van der Waals surface area contributed by atoms with Crippen LogP contribution in [0.4, 0.5) is 32.2 Å². The van der Waals surface area contributed by atoms with Crippen molar-refractivity contribution in [1.29, 1.82) is 0 Å². The number of nitrogens with zero attached hydrogens (tertiary/aromatic N) is 4. The second kappa shape index (κ2) is 8.32. The molecule has 1 atom stereocenters. The lowest BCUT2D eigenvalue weighted by molar-refractivity contribution is -0.182. The van der Waals surface area contributed by atoms with E-state index in [1.165, 1.54) is 4.90 Å². The van der Waals surface area contributed by atoms with Crippen molar-refractivity contribution in [3.63, 3.8) is 0 Å². The number of rotatable bonds is 3. The minimum absolute atomic E-state index is 0.00828. The molecule has 32 heavy (non-hydrogen) atoms. The van der Waals surface area contributed by atoms with E-state index in [1.807, 2.05) is 25.8 Å². The maximum Gasteiger partial charge on any atom is 0.433 e. The Labute approximate surface area is 183 Å². The summed E-state index contributed by atoms with van der Waals surface area (Å²) in [4.78, 5) is 6.59. The largest absolute Gasteiger partial charge is 0.433 e. The maximum absolute atomic E-state index is 13.3. The smallest absolute Gasteiger partial charge is 0.352 e. The van der Waals surface area contributed by atoms with Gasteiger partial charge in [-0.25, -0.2) is 13.4 Å². The number of piperazine rings is 1. The minimum Gasteiger partial charge on any atom is -0.352 e. The molecule has 1 aromatic rings. The van der Waals surface area contributed by atoms with Crippen LogP contribution < -0.4 is 4.90 Å². The first-order chi connectivity index (χ1) is 14.5. The Bertz CT molecular complexity index is 948. The zero-order valence-corrected chi connectivity index (χ0v) is 18.8. The van der Waals surface area contributed by atoms with Gasteiger partial charge in [0.2, 0.25) is 10.0 Å². The van der Waals surface area contributed by atoms with Crippen LogP contribution in [0.1, 0.15) is 32.4 Å². The van der Waals surface area contributed by atoms with Gasteiger partial charge in [-0.15, -0.1) is 0 Å². The fourth-order valence-electron chi connectivity index (χ4n) is 4.01. The predicted octanol–water partition coefficient (Wildman–Crippen LogP) is 3.59. The molecule has 2 aliphatic rings. The number of likely N-dealkylation sites (N-methyl/N-ethyl adjacent to an activating group) is 1. The summed E-state index contributed by atoms with van der Waals surface area (Å²) < 4.78 is 107. The maximum atomic E-state index is 13.3. The Morgan fingerprint density at radius 2 is 1.72 bits per heavy atom. The van der Waals surface area contributed by atoms with E-state index < -0.39 is 51.0 Å². The summed E-state index contributed by atoms with van der Waals surface area (Å²) in [5.74, 6) is -2.20. The molecule has 2 aliphatic heterocycles. The van der Waals surface area contributed by atoms with Crippen LogP contribution in [-0.2, 0) is 16.2 Å². The first-order valence-electron chi connectivity index (χ1n) is 10.1. The third-order valence-corrected chi connectivity index (χ3v) is 8.10. The highest BCUT2D eigenvalue weighted by Gasteiger charge is 2.46. The van der Waals surface area contributed by atoms with Crippen molar-refractivity contribution in [2.24, 2.45) is 5.92 Å². The van der Waals surface area contributed by atoms with Gasteiger partial charge < -0.3 is 4.90 Å². The van der Waals surface area contributed by atoms with Gasteiger partial charge in [-0.2, -0.15) is 30.6 Å². The van der Waals surface area contributed by atoms with Crippen LogP contribution in [0.15, 0.2) is 17.0 Å². The van der Waals surface area contributed by atoms with Crippen molar-refractivity contribution in [1.82, 2.24) is 14.2 Å². The van der Waals surface area contributed by atoms with Crippen molar-refractivity contribution in [2.45, 2.75) is 49.5 Å². The lowest BCUT2D eigenvalue weighted by atomic mass is 9.99. The normalized spacial score (nSPS) is 24.0. The number of pyridine rings is 1. The Hall–Kier alpha value is -1.60. The van der Waals surface area contributed by atoms with Gasteiger partial charge in [0, 0.05) is 38.3 Å². The highest BCUT2D eigenvalue weighted by molar-refractivity contribution is 7.89. The molecule has 3 rings (SSSR count). The van der Waals surface area contributed by atoms with E-state index >= 15 is 0 Å². The first-order valence-corrected chi connectivity index (χ1v) is 11.6. The number of alkyl halides is 6. The Morgan fingerprint density at radius 3 is 2.28 bits per heavy atom. The molecule has 182 valence electrons. The fourth-order valence-corrected chi connectivity index (χ4v) is 5.68. The standard InChI is InChI=1S/C19H26F6N4O2S/c1-17(2)12-28(10-9-27(17)3)16-14(6-7-15(26-16)19(23,24)25)32(30,31)29-8-4-5-13(11-29)18(20,21)22/h6-7,13H,4-5,8-12H2,1-3H3. The highest BCUT2D eigenvalue weighted by Crippen LogP contribution is 2.38. The number of halogens is 6. The summed E-state index contributed by atoms with van der Waals surface area (Å²) in [7, 11) is -2.65. The zero-order valence-electron chi connectivity index (χ0n) is 18.0. The van der Waals surface area contributed by atoms with Crippen LogP contribution in [0.25, 0.3) is 0 Å². The Morgan fingerprint density at radius 1 is 1.06 bits per heavy atom. The minimum atomic E-state index is -4.80. The lowest BCUT2D eigenvalue weighted by Gasteiger charge is -2.46. The van der Waals surface area contributed by atoms with Crippen LogP contribution in [0.2, 0.25) is 0 Å². The molecule has 0 radical (unpaired) electrons. The molecule has 13 heteroatoms. The molecule has 2 saturated heterocycles. The molecule has 0 aliphatic carbocycles. The highest BCUT2D eigenvalue weighted by atomic mass is 32.2. The summed E-state index contributed by atoms with van der Waals surface area (Å²) in [5.41, 5.74) is -1.74. The topological polar surface area (TPSA) is 56.8 Å². The summed E-state index contributed by atoms with van der Waals surface area (Å²) in [6.07, 6.45) is -9.54. The third-order valence-electron chi connectivity index (χ3n) is 6.21. The molecule has 1 aromatic heterocycles. The van der Waals surface area contributed by atoms with E-state index in [2.05, 4.69) is 4.98 Å². The number of sulfonamides is 1. The van der Waals surface area contributed by atoms with Crippen LogP contribution in [-0.4, -0.2) is 74.1 Å². The van der Waals surface area contributed by atoms with Gasteiger partial charge in [-0.3, -0.25) is 4.90 Å². The quantitative estimate of drug-likeness (QED) is 0.609. The monoisotopic (exact) mass is 488 g/mol. The second-order valence-electron chi connectivity index (χ2n) is 8.92. The van der Waals surface area contributed by atoms with Gasteiger partial charge in [0.25, 0.3) is 0 Å². The molecule has 1 unspecified atom stereocenters.